The van der Waals surface area contributed by atoms with E-state index >= 15 is 0 Å². The molecule has 2 fully saturated rings. The first kappa shape index (κ1) is 13.8. The maximum absolute atomic E-state index is 12.6. The van der Waals surface area contributed by atoms with Crippen LogP contribution >= 0.6 is 0 Å². The molecule has 0 spiro atoms. The van der Waals surface area contributed by atoms with Gasteiger partial charge in [-0.2, -0.15) is 0 Å². The molecule has 1 atom stereocenters. The molecule has 22 heavy (non-hydrogen) atoms. The fourth-order valence-electron chi connectivity index (χ4n) is 3.45. The molecule has 3 aliphatic rings. The molecule has 1 unspecified atom stereocenters. The van der Waals surface area contributed by atoms with Crippen molar-refractivity contribution in [3.8, 4) is 11.5 Å². The minimum Gasteiger partial charge on any atom is -0.454 e. The second-order valence-corrected chi connectivity index (χ2v) is 6.04. The molecule has 0 bridgehead atoms. The molecule has 3 heterocycles. The normalized spacial score (nSPS) is 24.7. The van der Waals surface area contributed by atoms with Crippen LogP contribution in [-0.4, -0.2) is 67.8 Å². The fraction of sp³-hybridized carbons (Fsp3) is 0.562. The van der Waals surface area contributed by atoms with Crippen LogP contribution in [0.4, 0.5) is 0 Å². The number of carbonyl (C=O) groups excluding carboxylic acids is 1. The zero-order chi connectivity index (χ0) is 14.9. The standard InChI is InChI=1S/C16H21N3O3/c20-16(12-1-2-14-15(9-12)22-11-21-14)19-7-5-18(6-8-19)13-3-4-17-10-13/h1-2,9,13,17H,3-8,10-11H2. The highest BCUT2D eigenvalue weighted by atomic mass is 16.7. The van der Waals surface area contributed by atoms with Gasteiger partial charge in [0.15, 0.2) is 11.5 Å². The van der Waals surface area contributed by atoms with Crippen molar-refractivity contribution in [1.82, 2.24) is 15.1 Å². The Morgan fingerprint density at radius 2 is 1.95 bits per heavy atom. The highest BCUT2D eigenvalue weighted by Crippen LogP contribution is 2.32. The van der Waals surface area contributed by atoms with E-state index in [4.69, 9.17) is 9.47 Å². The van der Waals surface area contributed by atoms with Crippen LogP contribution < -0.4 is 14.8 Å². The van der Waals surface area contributed by atoms with Gasteiger partial charge in [-0.05, 0) is 31.2 Å². The topological polar surface area (TPSA) is 54.0 Å². The molecule has 2 saturated heterocycles. The Bertz CT molecular complexity index is 564. The summed E-state index contributed by atoms with van der Waals surface area (Å²) >= 11 is 0. The molecule has 0 radical (unpaired) electrons. The second kappa shape index (κ2) is 5.78. The minimum atomic E-state index is 0.0856. The van der Waals surface area contributed by atoms with Gasteiger partial charge in [-0.25, -0.2) is 0 Å². The smallest absolute Gasteiger partial charge is 0.254 e. The quantitative estimate of drug-likeness (QED) is 0.864. The summed E-state index contributed by atoms with van der Waals surface area (Å²) in [4.78, 5) is 17.1. The number of hydrogen-bond donors (Lipinski definition) is 1. The van der Waals surface area contributed by atoms with E-state index < -0.39 is 0 Å². The van der Waals surface area contributed by atoms with Crippen molar-refractivity contribution in [2.45, 2.75) is 12.5 Å². The summed E-state index contributed by atoms with van der Waals surface area (Å²) in [6, 6.07) is 6.07. The summed E-state index contributed by atoms with van der Waals surface area (Å²) in [5, 5.41) is 3.41. The van der Waals surface area contributed by atoms with E-state index in [1.165, 1.54) is 6.42 Å². The third kappa shape index (κ3) is 2.53. The zero-order valence-electron chi connectivity index (χ0n) is 12.6. The van der Waals surface area contributed by atoms with Gasteiger partial charge in [0.25, 0.3) is 5.91 Å². The Labute approximate surface area is 130 Å². The lowest BCUT2D eigenvalue weighted by Gasteiger charge is -2.37. The van der Waals surface area contributed by atoms with Crippen molar-refractivity contribution in [2.75, 3.05) is 46.1 Å². The van der Waals surface area contributed by atoms with Crippen molar-refractivity contribution >= 4 is 5.91 Å². The van der Waals surface area contributed by atoms with Gasteiger partial charge in [0.1, 0.15) is 0 Å². The molecular formula is C16H21N3O3. The number of amides is 1. The number of carbonyl (C=O) groups is 1. The number of rotatable bonds is 2. The summed E-state index contributed by atoms with van der Waals surface area (Å²) in [5.41, 5.74) is 0.681. The van der Waals surface area contributed by atoms with Crippen molar-refractivity contribution in [2.24, 2.45) is 0 Å². The van der Waals surface area contributed by atoms with Crippen molar-refractivity contribution in [1.29, 1.82) is 0 Å². The van der Waals surface area contributed by atoms with E-state index in [0.717, 1.165) is 45.0 Å². The van der Waals surface area contributed by atoms with E-state index in [1.807, 2.05) is 17.0 Å². The average Bonchev–Trinajstić information content (AvgIpc) is 3.25. The molecule has 118 valence electrons. The molecule has 0 aromatic heterocycles. The molecule has 1 amide bonds. The van der Waals surface area contributed by atoms with Gasteiger partial charge < -0.3 is 19.7 Å². The van der Waals surface area contributed by atoms with Gasteiger partial charge in [-0.3, -0.25) is 9.69 Å². The highest BCUT2D eigenvalue weighted by Gasteiger charge is 2.28. The molecule has 0 aliphatic carbocycles. The van der Waals surface area contributed by atoms with Crippen LogP contribution in [0.2, 0.25) is 0 Å². The lowest BCUT2D eigenvalue weighted by Crippen LogP contribution is -2.52. The number of nitrogens with zero attached hydrogens (tertiary/aromatic N) is 2. The third-order valence-electron chi connectivity index (χ3n) is 4.77. The fourth-order valence-corrected chi connectivity index (χ4v) is 3.45. The Hall–Kier alpha value is -1.79. The van der Waals surface area contributed by atoms with E-state index in [1.54, 1.807) is 6.07 Å². The van der Waals surface area contributed by atoms with E-state index in [2.05, 4.69) is 10.2 Å². The molecule has 0 saturated carbocycles. The third-order valence-corrected chi connectivity index (χ3v) is 4.77. The van der Waals surface area contributed by atoms with E-state index in [-0.39, 0.29) is 12.7 Å². The summed E-state index contributed by atoms with van der Waals surface area (Å²) in [6.45, 7) is 5.94. The molecule has 6 heteroatoms. The SMILES string of the molecule is O=C(c1ccc2c(c1)OCO2)N1CCN(C2CCNC2)CC1. The predicted molar refractivity (Wildman–Crippen MR) is 81.3 cm³/mol. The Morgan fingerprint density at radius 3 is 2.73 bits per heavy atom. The molecule has 1 aromatic carbocycles. The Kier molecular flexibility index (Phi) is 3.63. The lowest BCUT2D eigenvalue weighted by atomic mass is 10.1. The van der Waals surface area contributed by atoms with Crippen LogP contribution in [-0.2, 0) is 0 Å². The van der Waals surface area contributed by atoms with Gasteiger partial charge >= 0.3 is 0 Å². The van der Waals surface area contributed by atoms with Crippen LogP contribution in [0.3, 0.4) is 0 Å². The molecular weight excluding hydrogens is 282 g/mol. The van der Waals surface area contributed by atoms with Crippen LogP contribution in [0.15, 0.2) is 18.2 Å². The van der Waals surface area contributed by atoms with Crippen molar-refractivity contribution in [3.63, 3.8) is 0 Å². The molecule has 1 aromatic rings. The number of nitrogens with one attached hydrogen (secondary N) is 1. The molecule has 1 N–H and O–H groups in total. The van der Waals surface area contributed by atoms with Gasteiger partial charge in [0.05, 0.1) is 0 Å². The minimum absolute atomic E-state index is 0.0856. The van der Waals surface area contributed by atoms with Crippen LogP contribution in [0.25, 0.3) is 0 Å². The number of piperazine rings is 1. The molecule has 6 nitrogen and oxygen atoms in total. The number of fused-ring (bicyclic) bond motifs is 1. The molecule has 4 rings (SSSR count). The summed E-state index contributed by atoms with van der Waals surface area (Å²) < 4.78 is 10.6. The number of benzene rings is 1. The first-order chi connectivity index (χ1) is 10.8. The van der Waals surface area contributed by atoms with E-state index in [0.29, 0.717) is 17.4 Å². The summed E-state index contributed by atoms with van der Waals surface area (Å²) in [6.07, 6.45) is 1.22. The summed E-state index contributed by atoms with van der Waals surface area (Å²) in [7, 11) is 0. The number of ether oxygens (including phenoxy) is 2. The summed E-state index contributed by atoms with van der Waals surface area (Å²) in [5.74, 6) is 1.47. The van der Waals surface area contributed by atoms with Gasteiger partial charge in [0, 0.05) is 44.3 Å². The number of hydrogen-bond acceptors (Lipinski definition) is 5. The molecule has 3 aliphatic heterocycles. The second-order valence-electron chi connectivity index (χ2n) is 6.04. The average molecular weight is 303 g/mol. The lowest BCUT2D eigenvalue weighted by molar-refractivity contribution is 0.0583. The first-order valence-electron chi connectivity index (χ1n) is 7.95. The van der Waals surface area contributed by atoms with Gasteiger partial charge in [-0.15, -0.1) is 0 Å². The van der Waals surface area contributed by atoms with Crippen molar-refractivity contribution < 1.29 is 14.3 Å². The maximum atomic E-state index is 12.6. The largest absolute Gasteiger partial charge is 0.454 e. The predicted octanol–water partition coefficient (Wildman–Crippen LogP) is 0.535. The van der Waals surface area contributed by atoms with Gasteiger partial charge in [0.2, 0.25) is 6.79 Å². The Balaban J connectivity index is 1.39. The highest BCUT2D eigenvalue weighted by molar-refractivity contribution is 5.95. The van der Waals surface area contributed by atoms with E-state index in [9.17, 15) is 4.79 Å². The zero-order valence-corrected chi connectivity index (χ0v) is 12.6. The Morgan fingerprint density at radius 1 is 1.14 bits per heavy atom. The van der Waals surface area contributed by atoms with Crippen LogP contribution in [0.1, 0.15) is 16.8 Å². The van der Waals surface area contributed by atoms with Gasteiger partial charge in [-0.1, -0.05) is 0 Å². The van der Waals surface area contributed by atoms with Crippen LogP contribution in [0.5, 0.6) is 11.5 Å². The monoisotopic (exact) mass is 303 g/mol. The first-order valence-corrected chi connectivity index (χ1v) is 7.95. The van der Waals surface area contributed by atoms with Crippen molar-refractivity contribution in [3.05, 3.63) is 23.8 Å². The maximum Gasteiger partial charge on any atom is 0.254 e. The van der Waals surface area contributed by atoms with Crippen LogP contribution in [0, 0.1) is 0 Å².